The summed E-state index contributed by atoms with van der Waals surface area (Å²) < 4.78 is 6.73. The number of nitrogens with zero attached hydrogens (tertiary/aromatic N) is 2. The fraction of sp³-hybridized carbons (Fsp3) is 0.357. The van der Waals surface area contributed by atoms with E-state index in [1.54, 1.807) is 0 Å². The van der Waals surface area contributed by atoms with E-state index < -0.39 is 12.6 Å². The Balaban J connectivity index is 1.84. The van der Waals surface area contributed by atoms with Gasteiger partial charge < -0.3 is 19.7 Å². The first-order valence-electron chi connectivity index (χ1n) is 6.56. The molecule has 2 N–H and O–H groups in total. The zero-order valence-corrected chi connectivity index (χ0v) is 11.7. The molecular formula is C14H17N3O4. The van der Waals surface area contributed by atoms with Crippen LogP contribution in [-0.2, 0) is 20.9 Å². The quantitative estimate of drug-likeness (QED) is 0.777. The first-order chi connectivity index (χ1) is 10.1. The van der Waals surface area contributed by atoms with E-state index in [4.69, 9.17) is 9.84 Å². The molecule has 0 bridgehead atoms. The van der Waals surface area contributed by atoms with Crippen molar-refractivity contribution in [3.8, 4) is 0 Å². The Morgan fingerprint density at radius 1 is 1.33 bits per heavy atom. The lowest BCUT2D eigenvalue weighted by atomic mass is 10.3. The number of aliphatic carboxylic acids is 1. The number of carbonyl (C=O) groups excluding carboxylic acids is 1. The molecule has 2 rings (SSSR count). The van der Waals surface area contributed by atoms with Gasteiger partial charge in [-0.05, 0) is 19.1 Å². The molecule has 112 valence electrons. The molecule has 0 radical (unpaired) electrons. The van der Waals surface area contributed by atoms with Gasteiger partial charge in [0.2, 0.25) is 5.91 Å². The molecule has 7 nitrogen and oxygen atoms in total. The van der Waals surface area contributed by atoms with Crippen LogP contribution in [0.4, 0.5) is 0 Å². The molecule has 1 aromatic heterocycles. The van der Waals surface area contributed by atoms with Crippen LogP contribution < -0.4 is 5.32 Å². The topological polar surface area (TPSA) is 93.5 Å². The van der Waals surface area contributed by atoms with E-state index in [0.717, 1.165) is 16.9 Å². The second kappa shape index (κ2) is 6.85. The average molecular weight is 291 g/mol. The number of hydrogen-bond donors (Lipinski definition) is 2. The van der Waals surface area contributed by atoms with Crippen molar-refractivity contribution in [1.82, 2.24) is 14.9 Å². The monoisotopic (exact) mass is 291 g/mol. The van der Waals surface area contributed by atoms with Crippen LogP contribution in [-0.4, -0.2) is 46.3 Å². The average Bonchev–Trinajstić information content (AvgIpc) is 2.75. The number of carboxylic acid groups (broad SMARTS) is 1. The first-order valence-corrected chi connectivity index (χ1v) is 6.56. The number of carbonyl (C=O) groups is 2. The smallest absolute Gasteiger partial charge is 0.329 e. The van der Waals surface area contributed by atoms with Crippen LogP contribution in [0.3, 0.4) is 0 Å². The molecule has 1 amide bonds. The molecule has 0 fully saturated rings. The predicted molar refractivity (Wildman–Crippen MR) is 75.9 cm³/mol. The highest BCUT2D eigenvalue weighted by molar-refractivity contribution is 5.78. The maximum atomic E-state index is 11.4. The maximum Gasteiger partial charge on any atom is 0.329 e. The predicted octanol–water partition coefficient (Wildman–Crippen LogP) is 0.562. The maximum absolute atomic E-state index is 11.4. The highest BCUT2D eigenvalue weighted by Crippen LogP contribution is 2.14. The molecule has 21 heavy (non-hydrogen) atoms. The number of fused-ring (bicyclic) bond motifs is 1. The van der Waals surface area contributed by atoms with Gasteiger partial charge in [0.1, 0.15) is 19.0 Å². The largest absolute Gasteiger partial charge is 0.480 e. The molecule has 0 spiro atoms. The van der Waals surface area contributed by atoms with Gasteiger partial charge in [0.05, 0.1) is 11.0 Å². The molecule has 7 heteroatoms. The van der Waals surface area contributed by atoms with Gasteiger partial charge in [-0.15, -0.1) is 0 Å². The van der Waals surface area contributed by atoms with Crippen molar-refractivity contribution in [2.75, 3.05) is 19.8 Å². The molecule has 0 unspecified atom stereocenters. The summed E-state index contributed by atoms with van der Waals surface area (Å²) in [5.41, 5.74) is 1.94. The summed E-state index contributed by atoms with van der Waals surface area (Å²) in [6, 6.07) is 7.79. The highest BCUT2D eigenvalue weighted by atomic mass is 16.5. The van der Waals surface area contributed by atoms with E-state index >= 15 is 0 Å². The summed E-state index contributed by atoms with van der Waals surface area (Å²) in [6.45, 7) is 2.21. The van der Waals surface area contributed by atoms with Gasteiger partial charge in [-0.3, -0.25) is 4.79 Å². The zero-order chi connectivity index (χ0) is 15.2. The number of ether oxygens (including phenoxy) is 1. The molecule has 0 saturated heterocycles. The van der Waals surface area contributed by atoms with Gasteiger partial charge in [0.25, 0.3) is 0 Å². The Kier molecular flexibility index (Phi) is 4.89. The highest BCUT2D eigenvalue weighted by Gasteiger charge is 2.07. The Hall–Kier alpha value is -2.41. The third-order valence-corrected chi connectivity index (χ3v) is 2.96. The second-order valence-corrected chi connectivity index (χ2v) is 4.54. The molecule has 1 heterocycles. The number of carboxylic acids is 1. The molecule has 0 aliphatic heterocycles. The van der Waals surface area contributed by atoms with Crippen molar-refractivity contribution in [2.45, 2.75) is 13.5 Å². The van der Waals surface area contributed by atoms with Crippen molar-refractivity contribution >= 4 is 22.9 Å². The van der Waals surface area contributed by atoms with Crippen LogP contribution in [0.1, 0.15) is 5.82 Å². The van der Waals surface area contributed by atoms with Crippen molar-refractivity contribution in [3.05, 3.63) is 30.1 Å². The van der Waals surface area contributed by atoms with Crippen LogP contribution in [0.25, 0.3) is 11.0 Å². The van der Waals surface area contributed by atoms with E-state index in [-0.39, 0.29) is 12.5 Å². The first kappa shape index (κ1) is 15.0. The minimum Gasteiger partial charge on any atom is -0.480 e. The number of imidazole rings is 1. The van der Waals surface area contributed by atoms with Crippen LogP contribution in [0.5, 0.6) is 0 Å². The van der Waals surface area contributed by atoms with Gasteiger partial charge in [0, 0.05) is 13.1 Å². The standard InChI is InChI=1S/C14H17N3O4/c1-10-16-11-4-2-3-5-12(11)17(10)7-6-15-13(18)8-21-9-14(19)20/h2-5H,6-9H2,1H3,(H,15,18)(H,19,20). The van der Waals surface area contributed by atoms with E-state index in [1.165, 1.54) is 0 Å². The van der Waals surface area contributed by atoms with E-state index in [1.807, 2.05) is 35.8 Å². The van der Waals surface area contributed by atoms with Gasteiger partial charge in [-0.2, -0.15) is 0 Å². The van der Waals surface area contributed by atoms with Gasteiger partial charge in [-0.1, -0.05) is 12.1 Å². The molecule has 1 aromatic carbocycles. The summed E-state index contributed by atoms with van der Waals surface area (Å²) in [5.74, 6) is -0.547. The number of amides is 1. The summed E-state index contributed by atoms with van der Waals surface area (Å²) in [7, 11) is 0. The molecule has 0 saturated carbocycles. The van der Waals surface area contributed by atoms with Gasteiger partial charge in [0.15, 0.2) is 0 Å². The number of nitrogens with one attached hydrogen (secondary N) is 1. The Morgan fingerprint density at radius 3 is 2.86 bits per heavy atom. The van der Waals surface area contributed by atoms with Crippen LogP contribution >= 0.6 is 0 Å². The SMILES string of the molecule is Cc1nc2ccccc2n1CCNC(=O)COCC(=O)O. The van der Waals surface area contributed by atoms with Gasteiger partial charge >= 0.3 is 5.97 Å². The van der Waals surface area contributed by atoms with Crippen LogP contribution in [0, 0.1) is 6.92 Å². The lowest BCUT2D eigenvalue weighted by molar-refractivity contribution is -0.143. The normalized spacial score (nSPS) is 10.7. The van der Waals surface area contributed by atoms with E-state index in [2.05, 4.69) is 10.3 Å². The number of rotatable bonds is 7. The number of para-hydroxylation sites is 2. The third kappa shape index (κ3) is 4.03. The number of benzene rings is 1. The van der Waals surface area contributed by atoms with Crippen molar-refractivity contribution in [2.24, 2.45) is 0 Å². The molecule has 2 aromatic rings. The summed E-state index contributed by atoms with van der Waals surface area (Å²) in [5, 5.41) is 11.1. The minimum absolute atomic E-state index is 0.254. The minimum atomic E-state index is -1.09. The summed E-state index contributed by atoms with van der Waals surface area (Å²) in [6.07, 6.45) is 0. The van der Waals surface area contributed by atoms with Crippen LogP contribution in [0.2, 0.25) is 0 Å². The Morgan fingerprint density at radius 2 is 2.10 bits per heavy atom. The fourth-order valence-corrected chi connectivity index (χ4v) is 2.07. The Bertz CT molecular complexity index is 651. The number of hydrogen-bond acceptors (Lipinski definition) is 4. The van der Waals surface area contributed by atoms with E-state index in [0.29, 0.717) is 13.1 Å². The lowest BCUT2D eigenvalue weighted by Crippen LogP contribution is -2.31. The molecule has 0 aliphatic rings. The van der Waals surface area contributed by atoms with Crippen LogP contribution in [0.15, 0.2) is 24.3 Å². The second-order valence-electron chi connectivity index (χ2n) is 4.54. The lowest BCUT2D eigenvalue weighted by Gasteiger charge is -2.08. The van der Waals surface area contributed by atoms with E-state index in [9.17, 15) is 9.59 Å². The van der Waals surface area contributed by atoms with Crippen molar-refractivity contribution in [3.63, 3.8) is 0 Å². The number of aryl methyl sites for hydroxylation is 1. The third-order valence-electron chi connectivity index (χ3n) is 2.96. The molecular weight excluding hydrogens is 274 g/mol. The molecule has 0 atom stereocenters. The molecule has 0 aliphatic carbocycles. The number of aromatic nitrogens is 2. The summed E-state index contributed by atoms with van der Waals surface area (Å²) in [4.78, 5) is 26.1. The van der Waals surface area contributed by atoms with Crippen molar-refractivity contribution < 1.29 is 19.4 Å². The van der Waals surface area contributed by atoms with Gasteiger partial charge in [-0.25, -0.2) is 9.78 Å². The fourth-order valence-electron chi connectivity index (χ4n) is 2.07. The Labute approximate surface area is 121 Å². The van der Waals surface area contributed by atoms with Crippen molar-refractivity contribution in [1.29, 1.82) is 0 Å². The zero-order valence-electron chi connectivity index (χ0n) is 11.7. The summed E-state index contributed by atoms with van der Waals surface area (Å²) >= 11 is 0.